The lowest BCUT2D eigenvalue weighted by Gasteiger charge is -2.09. The summed E-state index contributed by atoms with van der Waals surface area (Å²) in [6.45, 7) is 3.69. The SMILES string of the molecule is COc1ccc(-c2nc(C)sc2C(C)CC(=O)O)cc1F. The van der Waals surface area contributed by atoms with Gasteiger partial charge < -0.3 is 9.84 Å². The van der Waals surface area contributed by atoms with Gasteiger partial charge in [-0.3, -0.25) is 4.79 Å². The summed E-state index contributed by atoms with van der Waals surface area (Å²) in [5.41, 5.74) is 1.28. The Morgan fingerprint density at radius 3 is 2.81 bits per heavy atom. The van der Waals surface area contributed by atoms with Gasteiger partial charge in [0.2, 0.25) is 0 Å². The average Bonchev–Trinajstić information content (AvgIpc) is 2.80. The van der Waals surface area contributed by atoms with Crippen molar-refractivity contribution in [1.82, 2.24) is 4.98 Å². The van der Waals surface area contributed by atoms with Crippen molar-refractivity contribution in [2.24, 2.45) is 0 Å². The number of aliphatic carboxylic acids is 1. The Labute approximate surface area is 126 Å². The van der Waals surface area contributed by atoms with E-state index in [1.807, 2.05) is 13.8 Å². The van der Waals surface area contributed by atoms with Crippen LogP contribution in [0.4, 0.5) is 4.39 Å². The molecule has 0 saturated carbocycles. The van der Waals surface area contributed by atoms with Crippen LogP contribution in [0.2, 0.25) is 0 Å². The fourth-order valence-corrected chi connectivity index (χ4v) is 3.15. The van der Waals surface area contributed by atoms with E-state index in [-0.39, 0.29) is 18.1 Å². The topological polar surface area (TPSA) is 59.4 Å². The monoisotopic (exact) mass is 309 g/mol. The highest BCUT2D eigenvalue weighted by Crippen LogP contribution is 2.36. The second-order valence-corrected chi connectivity index (χ2v) is 6.03. The summed E-state index contributed by atoms with van der Waals surface area (Å²) in [4.78, 5) is 16.2. The van der Waals surface area contributed by atoms with Gasteiger partial charge in [-0.15, -0.1) is 11.3 Å². The molecule has 0 saturated heterocycles. The van der Waals surface area contributed by atoms with Gasteiger partial charge in [0.15, 0.2) is 11.6 Å². The molecule has 1 aromatic carbocycles. The van der Waals surface area contributed by atoms with Crippen LogP contribution in [0.1, 0.15) is 29.1 Å². The summed E-state index contributed by atoms with van der Waals surface area (Å²) < 4.78 is 18.7. The van der Waals surface area contributed by atoms with Gasteiger partial charge in [-0.05, 0) is 25.1 Å². The van der Waals surface area contributed by atoms with Crippen LogP contribution < -0.4 is 4.74 Å². The Bertz CT molecular complexity index is 669. The molecular formula is C15H16FNO3S. The molecule has 2 aromatic rings. The minimum atomic E-state index is -0.861. The van der Waals surface area contributed by atoms with Gasteiger partial charge in [-0.2, -0.15) is 0 Å². The van der Waals surface area contributed by atoms with Crippen molar-refractivity contribution >= 4 is 17.3 Å². The maximum atomic E-state index is 13.8. The van der Waals surface area contributed by atoms with Crippen LogP contribution in [0.3, 0.4) is 0 Å². The minimum Gasteiger partial charge on any atom is -0.494 e. The number of hydrogen-bond acceptors (Lipinski definition) is 4. The van der Waals surface area contributed by atoms with Crippen LogP contribution in [0.15, 0.2) is 18.2 Å². The molecule has 21 heavy (non-hydrogen) atoms. The molecule has 1 N–H and O–H groups in total. The largest absolute Gasteiger partial charge is 0.494 e. The Morgan fingerprint density at radius 1 is 1.52 bits per heavy atom. The third-order valence-corrected chi connectivity index (χ3v) is 4.32. The van der Waals surface area contributed by atoms with Crippen LogP contribution in [0.25, 0.3) is 11.3 Å². The number of hydrogen-bond donors (Lipinski definition) is 1. The van der Waals surface area contributed by atoms with E-state index in [1.54, 1.807) is 12.1 Å². The number of aromatic nitrogens is 1. The first-order chi connectivity index (χ1) is 9.92. The number of rotatable bonds is 5. The lowest BCUT2D eigenvalue weighted by atomic mass is 10.0. The number of methoxy groups -OCH3 is 1. The van der Waals surface area contributed by atoms with E-state index in [0.717, 1.165) is 9.88 Å². The van der Waals surface area contributed by atoms with Crippen LogP contribution in [-0.4, -0.2) is 23.2 Å². The Morgan fingerprint density at radius 2 is 2.24 bits per heavy atom. The van der Waals surface area contributed by atoms with Gasteiger partial charge in [0.05, 0.1) is 24.2 Å². The molecule has 112 valence electrons. The maximum Gasteiger partial charge on any atom is 0.303 e. The summed E-state index contributed by atoms with van der Waals surface area (Å²) in [5, 5.41) is 9.76. The van der Waals surface area contributed by atoms with Crippen molar-refractivity contribution in [3.63, 3.8) is 0 Å². The molecule has 0 amide bonds. The van der Waals surface area contributed by atoms with Gasteiger partial charge in [0, 0.05) is 16.4 Å². The van der Waals surface area contributed by atoms with Crippen LogP contribution in [0, 0.1) is 12.7 Å². The number of carboxylic acids is 1. The highest BCUT2D eigenvalue weighted by molar-refractivity contribution is 7.12. The van der Waals surface area contributed by atoms with Crippen molar-refractivity contribution in [3.8, 4) is 17.0 Å². The number of ether oxygens (including phenoxy) is 1. The zero-order chi connectivity index (χ0) is 15.6. The quantitative estimate of drug-likeness (QED) is 0.911. The number of nitrogens with zero attached hydrogens (tertiary/aromatic N) is 1. The number of aryl methyl sites for hydroxylation is 1. The van der Waals surface area contributed by atoms with E-state index in [0.29, 0.717) is 11.3 Å². The number of benzene rings is 1. The fourth-order valence-electron chi connectivity index (χ4n) is 2.15. The molecule has 4 nitrogen and oxygen atoms in total. The predicted molar refractivity (Wildman–Crippen MR) is 79.5 cm³/mol. The summed E-state index contributed by atoms with van der Waals surface area (Å²) in [7, 11) is 1.41. The summed E-state index contributed by atoms with van der Waals surface area (Å²) >= 11 is 1.45. The third kappa shape index (κ3) is 3.39. The summed E-state index contributed by atoms with van der Waals surface area (Å²) in [6.07, 6.45) is 0.0211. The molecule has 0 aliphatic carbocycles. The van der Waals surface area contributed by atoms with Crippen molar-refractivity contribution in [3.05, 3.63) is 33.9 Å². The van der Waals surface area contributed by atoms with E-state index in [9.17, 15) is 9.18 Å². The van der Waals surface area contributed by atoms with Crippen molar-refractivity contribution < 1.29 is 19.0 Å². The molecule has 0 radical (unpaired) electrons. The van der Waals surface area contributed by atoms with E-state index < -0.39 is 11.8 Å². The summed E-state index contributed by atoms with van der Waals surface area (Å²) in [6, 6.07) is 4.64. The molecule has 1 atom stereocenters. The predicted octanol–water partition coefficient (Wildman–Crippen LogP) is 3.84. The number of halogens is 1. The molecular weight excluding hydrogens is 293 g/mol. The molecule has 0 bridgehead atoms. The second kappa shape index (κ2) is 6.22. The van der Waals surface area contributed by atoms with Gasteiger partial charge in [0.1, 0.15) is 0 Å². The first-order valence-electron chi connectivity index (χ1n) is 6.45. The van der Waals surface area contributed by atoms with E-state index in [2.05, 4.69) is 4.98 Å². The zero-order valence-electron chi connectivity index (χ0n) is 12.0. The standard InChI is InChI=1S/C15H16FNO3S/c1-8(6-13(18)19)15-14(17-9(2)21-15)10-4-5-12(20-3)11(16)7-10/h4-5,7-8H,6H2,1-3H3,(H,18,19). The maximum absolute atomic E-state index is 13.8. The molecule has 2 rings (SSSR count). The van der Waals surface area contributed by atoms with Crippen molar-refractivity contribution in [2.75, 3.05) is 7.11 Å². The van der Waals surface area contributed by atoms with Gasteiger partial charge in [-0.1, -0.05) is 6.92 Å². The molecule has 1 heterocycles. The van der Waals surface area contributed by atoms with Gasteiger partial charge >= 0.3 is 5.97 Å². The average molecular weight is 309 g/mol. The Hall–Kier alpha value is -1.95. The molecule has 6 heteroatoms. The normalized spacial score (nSPS) is 12.2. The lowest BCUT2D eigenvalue weighted by Crippen LogP contribution is -2.02. The summed E-state index contributed by atoms with van der Waals surface area (Å²) in [5.74, 6) is -1.32. The molecule has 0 aliphatic rings. The number of thiazole rings is 1. The Kier molecular flexibility index (Phi) is 4.57. The lowest BCUT2D eigenvalue weighted by molar-refractivity contribution is -0.137. The van der Waals surface area contributed by atoms with Crippen LogP contribution in [0.5, 0.6) is 5.75 Å². The molecule has 0 aliphatic heterocycles. The minimum absolute atomic E-state index is 0.0211. The van der Waals surface area contributed by atoms with Gasteiger partial charge in [-0.25, -0.2) is 9.37 Å². The van der Waals surface area contributed by atoms with E-state index in [4.69, 9.17) is 9.84 Å². The highest BCUT2D eigenvalue weighted by atomic mass is 32.1. The first-order valence-corrected chi connectivity index (χ1v) is 7.27. The molecule has 1 unspecified atom stereocenters. The first kappa shape index (κ1) is 15.4. The molecule has 0 fully saturated rings. The fraction of sp³-hybridized carbons (Fsp3) is 0.333. The Balaban J connectivity index is 2.44. The smallest absolute Gasteiger partial charge is 0.303 e. The third-order valence-electron chi connectivity index (χ3n) is 3.11. The van der Waals surface area contributed by atoms with E-state index >= 15 is 0 Å². The van der Waals surface area contributed by atoms with Crippen LogP contribution in [-0.2, 0) is 4.79 Å². The second-order valence-electron chi connectivity index (χ2n) is 4.79. The van der Waals surface area contributed by atoms with Crippen molar-refractivity contribution in [1.29, 1.82) is 0 Å². The van der Waals surface area contributed by atoms with Crippen LogP contribution >= 0.6 is 11.3 Å². The van der Waals surface area contributed by atoms with E-state index in [1.165, 1.54) is 24.5 Å². The zero-order valence-corrected chi connectivity index (χ0v) is 12.8. The molecule has 0 spiro atoms. The van der Waals surface area contributed by atoms with Crippen molar-refractivity contribution in [2.45, 2.75) is 26.2 Å². The molecule has 1 aromatic heterocycles. The number of carboxylic acid groups (broad SMARTS) is 1. The van der Waals surface area contributed by atoms with Gasteiger partial charge in [0.25, 0.3) is 0 Å². The highest BCUT2D eigenvalue weighted by Gasteiger charge is 2.20. The number of carbonyl (C=O) groups is 1.